The Balaban J connectivity index is 2.64. The van der Waals surface area contributed by atoms with Gasteiger partial charge >= 0.3 is 0 Å². The molecule has 0 fully saturated rings. The van der Waals surface area contributed by atoms with Gasteiger partial charge in [0.2, 0.25) is 0 Å². The summed E-state index contributed by atoms with van der Waals surface area (Å²) in [5, 5.41) is 6.71. The maximum absolute atomic E-state index is 4.50. The van der Waals surface area contributed by atoms with Crippen molar-refractivity contribution in [1.29, 1.82) is 0 Å². The molecule has 2 N–H and O–H groups in total. The molecule has 0 radical (unpaired) electrons. The Morgan fingerprint density at radius 3 is 2.25 bits per heavy atom. The maximum atomic E-state index is 4.50. The van der Waals surface area contributed by atoms with Crippen LogP contribution in [-0.4, -0.2) is 47.6 Å². The second-order valence-electron chi connectivity index (χ2n) is 5.29. The van der Waals surface area contributed by atoms with Gasteiger partial charge in [0.05, 0.1) is 0 Å². The number of hydrogen-bond donors (Lipinski definition) is 2. The number of aryl methyl sites for hydroxylation is 1. The molecule has 1 aromatic rings. The first-order valence-corrected chi connectivity index (χ1v) is 7.52. The molecular formula is C15H29N5. The lowest BCUT2D eigenvalue weighted by Crippen LogP contribution is -2.33. The van der Waals surface area contributed by atoms with E-state index in [1.807, 2.05) is 6.92 Å². The van der Waals surface area contributed by atoms with Crippen molar-refractivity contribution in [3.8, 4) is 0 Å². The smallest absolute Gasteiger partial charge is 0.134 e. The zero-order valence-electron chi connectivity index (χ0n) is 13.7. The van der Waals surface area contributed by atoms with Crippen LogP contribution in [0.25, 0.3) is 0 Å². The Kier molecular flexibility index (Phi) is 6.71. The molecule has 5 nitrogen and oxygen atoms in total. The first-order valence-electron chi connectivity index (χ1n) is 7.52. The van der Waals surface area contributed by atoms with Crippen molar-refractivity contribution in [2.45, 2.75) is 47.1 Å². The summed E-state index contributed by atoms with van der Waals surface area (Å²) in [5.41, 5.74) is 1.09. The molecule has 0 bridgehead atoms. The SMILES string of the molecule is CCNc1nc(C)nc(NCCN(C)C(C)CC)c1C. The second kappa shape index (κ2) is 8.04. The van der Waals surface area contributed by atoms with Crippen LogP contribution in [0.4, 0.5) is 11.6 Å². The molecule has 114 valence electrons. The van der Waals surface area contributed by atoms with Crippen LogP contribution in [-0.2, 0) is 0 Å². The third kappa shape index (κ3) is 4.63. The molecule has 1 unspecified atom stereocenters. The lowest BCUT2D eigenvalue weighted by Gasteiger charge is -2.23. The van der Waals surface area contributed by atoms with Crippen LogP contribution in [0.1, 0.15) is 38.6 Å². The van der Waals surface area contributed by atoms with Crippen molar-refractivity contribution in [2.75, 3.05) is 37.3 Å². The number of rotatable bonds is 8. The average Bonchev–Trinajstić information content (AvgIpc) is 2.42. The molecule has 0 saturated heterocycles. The molecule has 1 aromatic heterocycles. The van der Waals surface area contributed by atoms with E-state index in [1.165, 1.54) is 6.42 Å². The summed E-state index contributed by atoms with van der Waals surface area (Å²) in [7, 11) is 2.16. The highest BCUT2D eigenvalue weighted by atomic mass is 15.2. The molecule has 0 aromatic carbocycles. The van der Waals surface area contributed by atoms with Crippen LogP contribution in [0.5, 0.6) is 0 Å². The molecule has 20 heavy (non-hydrogen) atoms. The Bertz CT molecular complexity index is 419. The van der Waals surface area contributed by atoms with Crippen LogP contribution in [0, 0.1) is 13.8 Å². The van der Waals surface area contributed by atoms with Gasteiger partial charge in [-0.25, -0.2) is 9.97 Å². The number of likely N-dealkylation sites (N-methyl/N-ethyl adjacent to an activating group) is 1. The van der Waals surface area contributed by atoms with Gasteiger partial charge in [-0.05, 0) is 41.2 Å². The zero-order valence-corrected chi connectivity index (χ0v) is 13.7. The van der Waals surface area contributed by atoms with Gasteiger partial charge in [-0.3, -0.25) is 0 Å². The molecule has 1 rings (SSSR count). The number of nitrogens with zero attached hydrogens (tertiary/aromatic N) is 3. The molecule has 1 heterocycles. The normalized spacial score (nSPS) is 12.6. The summed E-state index contributed by atoms with van der Waals surface area (Å²) in [6.07, 6.45) is 1.17. The van der Waals surface area contributed by atoms with E-state index in [0.29, 0.717) is 6.04 Å². The Morgan fingerprint density at radius 2 is 1.70 bits per heavy atom. The van der Waals surface area contributed by atoms with E-state index in [0.717, 1.165) is 42.7 Å². The fourth-order valence-electron chi connectivity index (χ4n) is 2.02. The highest BCUT2D eigenvalue weighted by Crippen LogP contribution is 2.19. The van der Waals surface area contributed by atoms with Gasteiger partial charge in [0.15, 0.2) is 0 Å². The fourth-order valence-corrected chi connectivity index (χ4v) is 2.02. The fraction of sp³-hybridized carbons (Fsp3) is 0.733. The zero-order chi connectivity index (χ0) is 15.1. The number of anilines is 2. The molecule has 1 atom stereocenters. The van der Waals surface area contributed by atoms with Gasteiger partial charge in [-0.1, -0.05) is 6.92 Å². The molecule has 0 aliphatic carbocycles. The number of hydrogen-bond acceptors (Lipinski definition) is 5. The van der Waals surface area contributed by atoms with Crippen molar-refractivity contribution >= 4 is 11.6 Å². The molecule has 0 aliphatic rings. The van der Waals surface area contributed by atoms with E-state index >= 15 is 0 Å². The van der Waals surface area contributed by atoms with Crippen LogP contribution in [0.3, 0.4) is 0 Å². The molecule has 0 spiro atoms. The molecule has 5 heteroatoms. The van der Waals surface area contributed by atoms with Gasteiger partial charge < -0.3 is 15.5 Å². The first kappa shape index (κ1) is 16.7. The number of nitrogens with one attached hydrogen (secondary N) is 2. The van der Waals surface area contributed by atoms with E-state index in [1.54, 1.807) is 0 Å². The summed E-state index contributed by atoms with van der Waals surface area (Å²) in [6, 6.07) is 0.613. The summed E-state index contributed by atoms with van der Waals surface area (Å²) < 4.78 is 0. The van der Waals surface area contributed by atoms with Gasteiger partial charge in [0.25, 0.3) is 0 Å². The van der Waals surface area contributed by atoms with Gasteiger partial charge in [-0.2, -0.15) is 0 Å². The lowest BCUT2D eigenvalue weighted by atomic mass is 10.2. The predicted molar refractivity (Wildman–Crippen MR) is 86.5 cm³/mol. The number of aromatic nitrogens is 2. The van der Waals surface area contributed by atoms with Crippen molar-refractivity contribution in [2.24, 2.45) is 0 Å². The molecule has 0 saturated carbocycles. The minimum absolute atomic E-state index is 0.613. The highest BCUT2D eigenvalue weighted by molar-refractivity contribution is 5.57. The van der Waals surface area contributed by atoms with E-state index in [9.17, 15) is 0 Å². The minimum atomic E-state index is 0.613. The third-order valence-corrected chi connectivity index (χ3v) is 3.70. The summed E-state index contributed by atoms with van der Waals surface area (Å²) >= 11 is 0. The van der Waals surface area contributed by atoms with E-state index in [2.05, 4.69) is 60.2 Å². The van der Waals surface area contributed by atoms with E-state index < -0.39 is 0 Å². The summed E-state index contributed by atoms with van der Waals surface area (Å²) in [5.74, 6) is 2.66. The summed E-state index contributed by atoms with van der Waals surface area (Å²) in [6.45, 7) is 13.3. The van der Waals surface area contributed by atoms with Crippen molar-refractivity contribution in [1.82, 2.24) is 14.9 Å². The van der Waals surface area contributed by atoms with Gasteiger partial charge in [0.1, 0.15) is 17.5 Å². The van der Waals surface area contributed by atoms with E-state index in [-0.39, 0.29) is 0 Å². The van der Waals surface area contributed by atoms with Crippen LogP contribution in [0.15, 0.2) is 0 Å². The molecule has 0 aliphatic heterocycles. The van der Waals surface area contributed by atoms with Crippen LogP contribution in [0.2, 0.25) is 0 Å². The Morgan fingerprint density at radius 1 is 1.10 bits per heavy atom. The topological polar surface area (TPSA) is 53.1 Å². The minimum Gasteiger partial charge on any atom is -0.370 e. The predicted octanol–water partition coefficient (Wildman–Crippen LogP) is 2.67. The van der Waals surface area contributed by atoms with Crippen molar-refractivity contribution in [3.05, 3.63) is 11.4 Å². The second-order valence-corrected chi connectivity index (χ2v) is 5.29. The maximum Gasteiger partial charge on any atom is 0.134 e. The summed E-state index contributed by atoms with van der Waals surface area (Å²) in [4.78, 5) is 11.3. The highest BCUT2D eigenvalue weighted by Gasteiger charge is 2.09. The molecule has 0 amide bonds. The van der Waals surface area contributed by atoms with Gasteiger partial charge in [0, 0.05) is 31.2 Å². The molecular weight excluding hydrogens is 250 g/mol. The van der Waals surface area contributed by atoms with Crippen molar-refractivity contribution < 1.29 is 0 Å². The Labute approximate surface area is 123 Å². The average molecular weight is 279 g/mol. The quantitative estimate of drug-likeness (QED) is 0.766. The van der Waals surface area contributed by atoms with Gasteiger partial charge in [-0.15, -0.1) is 0 Å². The first-order chi connectivity index (χ1) is 9.49. The van der Waals surface area contributed by atoms with Crippen molar-refractivity contribution in [3.63, 3.8) is 0 Å². The monoisotopic (exact) mass is 279 g/mol. The third-order valence-electron chi connectivity index (χ3n) is 3.70. The Hall–Kier alpha value is -1.36. The van der Waals surface area contributed by atoms with E-state index in [4.69, 9.17) is 0 Å². The standard InChI is InChI=1S/C15H29N5/c1-7-11(3)20(6)10-9-17-15-12(4)14(16-8-2)18-13(5)19-15/h11H,7-10H2,1-6H3,(H2,16,17,18,19). The van der Waals surface area contributed by atoms with Crippen LogP contribution >= 0.6 is 0 Å². The lowest BCUT2D eigenvalue weighted by molar-refractivity contribution is 0.261. The van der Waals surface area contributed by atoms with Crippen LogP contribution < -0.4 is 10.6 Å². The largest absolute Gasteiger partial charge is 0.370 e.